The monoisotopic (exact) mass is 423 g/mol. The molecule has 5 nitrogen and oxygen atoms in total. The Labute approximate surface area is 172 Å². The summed E-state index contributed by atoms with van der Waals surface area (Å²) in [6.45, 7) is 1.84. The first-order chi connectivity index (χ1) is 13.4. The van der Waals surface area contributed by atoms with Crippen LogP contribution in [0.15, 0.2) is 41.5 Å². The number of nitrogens with zero attached hydrogens (tertiary/aromatic N) is 2. The van der Waals surface area contributed by atoms with Gasteiger partial charge in [-0.05, 0) is 36.3 Å². The lowest BCUT2D eigenvalue weighted by Gasteiger charge is -2.20. The first-order valence-corrected chi connectivity index (χ1v) is 9.52. The van der Waals surface area contributed by atoms with Gasteiger partial charge in [0.2, 0.25) is 0 Å². The first kappa shape index (κ1) is 20.4. The Balaban J connectivity index is 1.63. The smallest absolute Gasteiger partial charge is 0.184 e. The number of hydrazone groups is 1. The maximum Gasteiger partial charge on any atom is 0.184 e. The lowest BCUT2D eigenvalue weighted by Crippen LogP contribution is -2.32. The SMILES string of the molecule is NC(=S)N/N=C/c1cc(F)c(N2CC[C@@H](NCc3ccccc3Cl)C2)cc1F. The fraction of sp³-hybridized carbons (Fsp3) is 0.263. The Morgan fingerprint density at radius 1 is 1.32 bits per heavy atom. The number of nitrogens with two attached hydrogens (primary N) is 1. The van der Waals surface area contributed by atoms with Gasteiger partial charge in [0, 0.05) is 42.3 Å². The van der Waals surface area contributed by atoms with Crippen molar-refractivity contribution >= 4 is 40.8 Å². The minimum absolute atomic E-state index is 0.0117. The van der Waals surface area contributed by atoms with Crippen molar-refractivity contribution in [3.05, 3.63) is 64.2 Å². The van der Waals surface area contributed by atoms with Gasteiger partial charge in [0.25, 0.3) is 0 Å². The highest BCUT2D eigenvalue weighted by atomic mass is 35.5. The van der Waals surface area contributed by atoms with Crippen molar-refractivity contribution in [1.29, 1.82) is 0 Å². The van der Waals surface area contributed by atoms with Crippen molar-refractivity contribution in [2.75, 3.05) is 18.0 Å². The number of hydrogen-bond donors (Lipinski definition) is 3. The summed E-state index contributed by atoms with van der Waals surface area (Å²) in [7, 11) is 0. The van der Waals surface area contributed by atoms with E-state index >= 15 is 0 Å². The molecule has 0 amide bonds. The predicted molar refractivity (Wildman–Crippen MR) is 113 cm³/mol. The zero-order valence-electron chi connectivity index (χ0n) is 15.0. The molecule has 0 aromatic heterocycles. The van der Waals surface area contributed by atoms with Crippen LogP contribution in [0, 0.1) is 11.6 Å². The van der Waals surface area contributed by atoms with Gasteiger partial charge in [-0.1, -0.05) is 29.8 Å². The summed E-state index contributed by atoms with van der Waals surface area (Å²) in [5.74, 6) is -1.08. The maximum atomic E-state index is 14.5. The highest BCUT2D eigenvalue weighted by molar-refractivity contribution is 7.80. The van der Waals surface area contributed by atoms with E-state index in [0.717, 1.165) is 24.3 Å². The molecule has 0 spiro atoms. The first-order valence-electron chi connectivity index (χ1n) is 8.73. The van der Waals surface area contributed by atoms with E-state index in [-0.39, 0.29) is 22.4 Å². The molecule has 0 radical (unpaired) electrons. The topological polar surface area (TPSA) is 65.7 Å². The molecule has 1 saturated heterocycles. The Bertz CT molecular complexity index is 893. The van der Waals surface area contributed by atoms with Gasteiger partial charge in [0.05, 0.1) is 11.9 Å². The molecule has 148 valence electrons. The molecule has 0 saturated carbocycles. The van der Waals surface area contributed by atoms with Crippen LogP contribution in [0.4, 0.5) is 14.5 Å². The Kier molecular flexibility index (Phi) is 6.77. The highest BCUT2D eigenvalue weighted by Crippen LogP contribution is 2.26. The molecule has 3 rings (SSSR count). The molecule has 1 heterocycles. The average Bonchev–Trinajstić information content (AvgIpc) is 3.12. The van der Waals surface area contributed by atoms with Crippen LogP contribution in [0.1, 0.15) is 17.5 Å². The maximum absolute atomic E-state index is 14.5. The third kappa shape index (κ3) is 5.15. The fourth-order valence-corrected chi connectivity index (χ4v) is 3.36. The van der Waals surface area contributed by atoms with E-state index in [0.29, 0.717) is 24.7 Å². The van der Waals surface area contributed by atoms with Gasteiger partial charge >= 0.3 is 0 Å². The normalized spacial score (nSPS) is 16.7. The second kappa shape index (κ2) is 9.27. The summed E-state index contributed by atoms with van der Waals surface area (Å²) in [5.41, 5.74) is 8.80. The summed E-state index contributed by atoms with van der Waals surface area (Å²) < 4.78 is 28.8. The standard InChI is InChI=1S/C19H20ClF2N5S/c20-15-4-2-1-3-12(15)9-24-14-5-6-27(11-14)18-8-16(21)13(7-17(18)22)10-25-26-19(23)28/h1-4,7-8,10,14,24H,5-6,9,11H2,(H3,23,26,28)/b25-10+/t14-/m1/s1. The average molecular weight is 424 g/mol. The molecule has 1 aliphatic rings. The van der Waals surface area contributed by atoms with Crippen LogP contribution in [-0.2, 0) is 6.54 Å². The molecule has 28 heavy (non-hydrogen) atoms. The van der Waals surface area contributed by atoms with Crippen molar-refractivity contribution in [2.24, 2.45) is 10.8 Å². The van der Waals surface area contributed by atoms with E-state index in [1.54, 1.807) is 0 Å². The zero-order chi connectivity index (χ0) is 20.1. The number of halogens is 3. The molecule has 2 aromatic carbocycles. The van der Waals surface area contributed by atoms with Crippen molar-refractivity contribution in [2.45, 2.75) is 19.0 Å². The second-order valence-corrected chi connectivity index (χ2v) is 7.31. The van der Waals surface area contributed by atoms with E-state index in [9.17, 15) is 8.78 Å². The summed E-state index contributed by atoms with van der Waals surface area (Å²) in [4.78, 5) is 1.83. The van der Waals surface area contributed by atoms with E-state index < -0.39 is 11.6 Å². The molecule has 0 bridgehead atoms. The zero-order valence-corrected chi connectivity index (χ0v) is 16.5. The number of nitrogens with one attached hydrogen (secondary N) is 2. The van der Waals surface area contributed by atoms with Crippen LogP contribution < -0.4 is 21.4 Å². The third-order valence-corrected chi connectivity index (χ3v) is 4.97. The quantitative estimate of drug-likeness (QED) is 0.378. The van der Waals surface area contributed by atoms with E-state index in [1.165, 1.54) is 6.07 Å². The van der Waals surface area contributed by atoms with Crippen LogP contribution in [0.3, 0.4) is 0 Å². The van der Waals surface area contributed by atoms with Crippen LogP contribution in [0.5, 0.6) is 0 Å². The van der Waals surface area contributed by atoms with Gasteiger partial charge < -0.3 is 16.0 Å². The molecule has 2 aromatic rings. The van der Waals surface area contributed by atoms with Crippen molar-refractivity contribution in [1.82, 2.24) is 10.7 Å². The number of benzene rings is 2. The van der Waals surface area contributed by atoms with Crippen molar-refractivity contribution in [3.63, 3.8) is 0 Å². The molecule has 1 atom stereocenters. The van der Waals surface area contributed by atoms with E-state index in [1.807, 2.05) is 29.2 Å². The molecular formula is C19H20ClF2N5S. The summed E-state index contributed by atoms with van der Waals surface area (Å²) in [6.07, 6.45) is 1.96. The minimum atomic E-state index is -0.572. The fourth-order valence-electron chi connectivity index (χ4n) is 3.10. The summed E-state index contributed by atoms with van der Waals surface area (Å²) in [5, 5.41) is 7.74. The van der Waals surface area contributed by atoms with Gasteiger partial charge in [-0.25, -0.2) is 8.78 Å². The van der Waals surface area contributed by atoms with Gasteiger partial charge in [0.15, 0.2) is 5.11 Å². The van der Waals surface area contributed by atoms with E-state index in [4.69, 9.17) is 17.3 Å². The van der Waals surface area contributed by atoms with Crippen molar-refractivity contribution < 1.29 is 8.78 Å². The van der Waals surface area contributed by atoms with Crippen LogP contribution in [0.2, 0.25) is 5.02 Å². The largest absolute Gasteiger partial charge is 0.375 e. The second-order valence-electron chi connectivity index (χ2n) is 6.46. The molecule has 1 fully saturated rings. The lowest BCUT2D eigenvalue weighted by molar-refractivity contribution is 0.550. The summed E-state index contributed by atoms with van der Waals surface area (Å²) >= 11 is 10.8. The van der Waals surface area contributed by atoms with Gasteiger partial charge in [-0.3, -0.25) is 5.43 Å². The number of anilines is 1. The van der Waals surface area contributed by atoms with Crippen LogP contribution in [0.25, 0.3) is 0 Å². The molecule has 0 aliphatic carbocycles. The number of hydrogen-bond acceptors (Lipinski definition) is 4. The Morgan fingerprint density at radius 3 is 2.86 bits per heavy atom. The Hall–Kier alpha value is -2.29. The number of rotatable bonds is 6. The third-order valence-electron chi connectivity index (χ3n) is 4.51. The predicted octanol–water partition coefficient (Wildman–Crippen LogP) is 3.15. The molecule has 0 unspecified atom stereocenters. The summed E-state index contributed by atoms with van der Waals surface area (Å²) in [6, 6.07) is 10.1. The van der Waals surface area contributed by atoms with Gasteiger partial charge in [-0.15, -0.1) is 0 Å². The molecule has 9 heteroatoms. The molecule has 1 aliphatic heterocycles. The van der Waals surface area contributed by atoms with Gasteiger partial charge in [-0.2, -0.15) is 5.10 Å². The molecule has 4 N–H and O–H groups in total. The minimum Gasteiger partial charge on any atom is -0.375 e. The lowest BCUT2D eigenvalue weighted by atomic mass is 10.2. The number of thiocarbonyl (C=S) groups is 1. The van der Waals surface area contributed by atoms with Crippen molar-refractivity contribution in [3.8, 4) is 0 Å². The van der Waals surface area contributed by atoms with Crippen LogP contribution in [-0.4, -0.2) is 30.5 Å². The highest BCUT2D eigenvalue weighted by Gasteiger charge is 2.25. The van der Waals surface area contributed by atoms with E-state index in [2.05, 4.69) is 28.1 Å². The Morgan fingerprint density at radius 2 is 2.11 bits per heavy atom. The van der Waals surface area contributed by atoms with Gasteiger partial charge in [0.1, 0.15) is 11.6 Å². The molecular weight excluding hydrogens is 404 g/mol. The van der Waals surface area contributed by atoms with Crippen LogP contribution >= 0.6 is 23.8 Å².